The molecule has 2 aromatic rings. The lowest BCUT2D eigenvalue weighted by Crippen LogP contribution is -2.22. The van der Waals surface area contributed by atoms with Gasteiger partial charge in [-0.05, 0) is 27.7 Å². The normalized spacial score (nSPS) is 9.56. The number of esters is 6. The molecule has 0 aliphatic heterocycles. The SMILES string of the molecule is C=C(C)C(=O)OCCOC(=O)CCC(=O)C(=O)OCCOC(=O)C(=C)C.CCOC(=O)CCC(=O)C(=O)OCC.O=C(c1ccccc1)c1ccccc1. The van der Waals surface area contributed by atoms with Gasteiger partial charge in [-0.2, -0.15) is 0 Å². The van der Waals surface area contributed by atoms with Crippen molar-refractivity contribution >= 4 is 53.2 Å². The van der Waals surface area contributed by atoms with Gasteiger partial charge in [0, 0.05) is 35.1 Å². The molecule has 0 bridgehead atoms. The number of Topliss-reactive ketones (excluding diaryl/α,β-unsaturated/α-hetero) is 2. The van der Waals surface area contributed by atoms with E-state index in [-0.39, 0.29) is 75.8 Å². The molecule has 0 unspecified atom stereocenters. The van der Waals surface area contributed by atoms with Gasteiger partial charge in [-0.1, -0.05) is 73.8 Å². The van der Waals surface area contributed by atoms with Crippen molar-refractivity contribution in [3.63, 3.8) is 0 Å². The van der Waals surface area contributed by atoms with Gasteiger partial charge in [0.25, 0.3) is 0 Å². The molecular weight excluding hydrogens is 708 g/mol. The molecule has 0 radical (unpaired) electrons. The molecule has 0 heterocycles. The van der Waals surface area contributed by atoms with Crippen LogP contribution in [0.25, 0.3) is 0 Å². The Morgan fingerprint density at radius 1 is 0.444 bits per heavy atom. The highest BCUT2D eigenvalue weighted by Crippen LogP contribution is 2.08. The number of hydrogen-bond acceptors (Lipinski definition) is 15. The smallest absolute Gasteiger partial charge is 0.374 e. The number of benzene rings is 2. The van der Waals surface area contributed by atoms with Crippen LogP contribution in [0.1, 0.15) is 69.3 Å². The van der Waals surface area contributed by atoms with Crippen molar-refractivity contribution in [2.24, 2.45) is 0 Å². The Morgan fingerprint density at radius 3 is 1.15 bits per heavy atom. The van der Waals surface area contributed by atoms with Gasteiger partial charge in [-0.15, -0.1) is 0 Å². The fourth-order valence-electron chi connectivity index (χ4n) is 3.38. The summed E-state index contributed by atoms with van der Waals surface area (Å²) >= 11 is 0. The van der Waals surface area contributed by atoms with Crippen molar-refractivity contribution in [1.29, 1.82) is 0 Å². The summed E-state index contributed by atoms with van der Waals surface area (Å²) in [5.41, 5.74) is 1.88. The molecule has 15 nitrogen and oxygen atoms in total. The third-order valence-electron chi connectivity index (χ3n) is 6.05. The zero-order valence-electron chi connectivity index (χ0n) is 30.9. The molecule has 0 spiro atoms. The molecule has 0 N–H and O–H groups in total. The van der Waals surface area contributed by atoms with Gasteiger partial charge in [0.15, 0.2) is 5.78 Å². The van der Waals surface area contributed by atoms with E-state index in [0.717, 1.165) is 11.1 Å². The first-order valence-electron chi connectivity index (χ1n) is 16.7. The third-order valence-corrected chi connectivity index (χ3v) is 6.05. The summed E-state index contributed by atoms with van der Waals surface area (Å²) < 4.78 is 27.8. The van der Waals surface area contributed by atoms with Gasteiger partial charge in [-0.3, -0.25) is 24.0 Å². The van der Waals surface area contributed by atoms with Crippen molar-refractivity contribution < 1.29 is 71.6 Å². The van der Waals surface area contributed by atoms with Crippen LogP contribution in [-0.4, -0.2) is 92.8 Å². The minimum Gasteiger partial charge on any atom is -0.466 e. The minimum absolute atomic E-state index is 0.0752. The Bertz CT molecular complexity index is 1550. The van der Waals surface area contributed by atoms with Gasteiger partial charge in [0.1, 0.15) is 26.4 Å². The lowest BCUT2D eigenvalue weighted by Gasteiger charge is -2.07. The minimum atomic E-state index is -1.14. The molecule has 0 saturated heterocycles. The molecule has 0 amide bonds. The summed E-state index contributed by atoms with van der Waals surface area (Å²) in [6.45, 7) is 12.6. The molecule has 2 rings (SSSR count). The maximum absolute atomic E-state index is 11.8. The Labute approximate surface area is 313 Å². The second-order valence-corrected chi connectivity index (χ2v) is 10.6. The predicted molar refractivity (Wildman–Crippen MR) is 192 cm³/mol. The van der Waals surface area contributed by atoms with Gasteiger partial charge in [0.2, 0.25) is 11.6 Å². The fourth-order valence-corrected chi connectivity index (χ4v) is 3.38. The molecule has 0 aliphatic carbocycles. The number of rotatable bonds is 20. The predicted octanol–water partition coefficient (Wildman–Crippen LogP) is 4.04. The second-order valence-electron chi connectivity index (χ2n) is 10.6. The van der Waals surface area contributed by atoms with Crippen LogP contribution in [0.5, 0.6) is 0 Å². The zero-order valence-corrected chi connectivity index (χ0v) is 30.9. The molecule has 54 heavy (non-hydrogen) atoms. The van der Waals surface area contributed by atoms with Gasteiger partial charge >= 0.3 is 35.8 Å². The maximum atomic E-state index is 11.8. The molecule has 2 aromatic carbocycles. The van der Waals surface area contributed by atoms with Crippen molar-refractivity contribution in [2.45, 2.75) is 53.4 Å². The zero-order chi connectivity index (χ0) is 40.9. The fraction of sp³-hybridized carbons (Fsp3) is 0.359. The number of carbonyl (C=O) groups is 9. The summed E-state index contributed by atoms with van der Waals surface area (Å²) in [7, 11) is 0. The van der Waals surface area contributed by atoms with Crippen molar-refractivity contribution in [3.8, 4) is 0 Å². The Hall–Kier alpha value is -6.25. The summed E-state index contributed by atoms with van der Waals surface area (Å²) in [6, 6.07) is 18.6. The van der Waals surface area contributed by atoms with Crippen molar-refractivity contribution in [1.82, 2.24) is 0 Å². The van der Waals surface area contributed by atoms with Crippen LogP contribution in [-0.2, 0) is 66.8 Å². The average molecular weight is 755 g/mol. The highest BCUT2D eigenvalue weighted by Gasteiger charge is 2.18. The van der Waals surface area contributed by atoms with Crippen molar-refractivity contribution in [2.75, 3.05) is 39.6 Å². The first-order valence-corrected chi connectivity index (χ1v) is 16.7. The second kappa shape index (κ2) is 28.3. The average Bonchev–Trinajstić information content (AvgIpc) is 3.16. The van der Waals surface area contributed by atoms with Gasteiger partial charge < -0.3 is 28.4 Å². The van der Waals surface area contributed by atoms with E-state index in [2.05, 4.69) is 32.1 Å². The molecule has 0 aromatic heterocycles. The first-order chi connectivity index (χ1) is 25.6. The van der Waals surface area contributed by atoms with E-state index in [1.165, 1.54) is 13.8 Å². The van der Waals surface area contributed by atoms with E-state index in [1.54, 1.807) is 13.8 Å². The van der Waals surface area contributed by atoms with Crippen LogP contribution in [0.4, 0.5) is 0 Å². The van der Waals surface area contributed by atoms with E-state index >= 15 is 0 Å². The first kappa shape index (κ1) is 47.8. The highest BCUT2D eigenvalue weighted by molar-refractivity contribution is 6.34. The van der Waals surface area contributed by atoms with Crippen LogP contribution < -0.4 is 0 Å². The van der Waals surface area contributed by atoms with Gasteiger partial charge in [0.05, 0.1) is 26.1 Å². The van der Waals surface area contributed by atoms with Crippen LogP contribution >= 0.6 is 0 Å². The third kappa shape index (κ3) is 22.5. The molecule has 292 valence electrons. The van der Waals surface area contributed by atoms with E-state index < -0.39 is 53.8 Å². The molecule has 0 atom stereocenters. The molecular formula is C39H46O15. The molecule has 0 aliphatic rings. The topological polar surface area (TPSA) is 209 Å². The summed E-state index contributed by atoms with van der Waals surface area (Å²) in [6.07, 6.45) is -0.953. The van der Waals surface area contributed by atoms with Crippen LogP contribution in [0, 0.1) is 0 Å². The molecule has 0 fully saturated rings. The van der Waals surface area contributed by atoms with Crippen LogP contribution in [0.2, 0.25) is 0 Å². The number of hydrogen-bond donors (Lipinski definition) is 0. The summed E-state index contributed by atoms with van der Waals surface area (Å²) in [5, 5.41) is 0. The number of ether oxygens (including phenoxy) is 6. The Balaban J connectivity index is 0.000000844. The summed E-state index contributed by atoms with van der Waals surface area (Å²) in [5.74, 6) is -6.01. The van der Waals surface area contributed by atoms with Crippen LogP contribution in [0.3, 0.4) is 0 Å². The van der Waals surface area contributed by atoms with E-state index in [1.807, 2.05) is 60.7 Å². The molecule has 15 heteroatoms. The highest BCUT2D eigenvalue weighted by atomic mass is 16.6. The lowest BCUT2D eigenvalue weighted by molar-refractivity contribution is -0.157. The number of carbonyl (C=O) groups excluding carboxylic acids is 9. The van der Waals surface area contributed by atoms with E-state index in [9.17, 15) is 43.2 Å². The quantitative estimate of drug-likeness (QED) is 0.0467. The summed E-state index contributed by atoms with van der Waals surface area (Å²) in [4.78, 5) is 101. The van der Waals surface area contributed by atoms with Crippen LogP contribution in [0.15, 0.2) is 85.0 Å². The monoisotopic (exact) mass is 754 g/mol. The Kier molecular flexibility index (Phi) is 25.1. The molecule has 0 saturated carbocycles. The Morgan fingerprint density at radius 2 is 0.778 bits per heavy atom. The lowest BCUT2D eigenvalue weighted by atomic mass is 10.0. The van der Waals surface area contributed by atoms with Crippen molar-refractivity contribution in [3.05, 3.63) is 96.1 Å². The van der Waals surface area contributed by atoms with Gasteiger partial charge in [-0.25, -0.2) is 19.2 Å². The maximum Gasteiger partial charge on any atom is 0.374 e. The van der Waals surface area contributed by atoms with E-state index in [0.29, 0.717) is 0 Å². The van der Waals surface area contributed by atoms with E-state index in [4.69, 9.17) is 9.47 Å². The standard InChI is InChI=1S/C17H22O9.C13H10O.C9H14O5/c1-11(2)15(20)24-8-7-23-14(19)6-5-13(18)17(22)26-10-9-25-16(21)12(3)4;14-13(11-7-3-1-4-8-11)12-9-5-2-6-10-12;1-3-13-8(11)6-5-7(10)9(12)14-4-2/h1,3,5-10H2,2,4H3;1-10H;3-6H2,1-2H3. The largest absolute Gasteiger partial charge is 0.466 e. The number of ketones is 3.